The van der Waals surface area contributed by atoms with E-state index < -0.39 is 0 Å². The molecular formula is C27H38ClNO2. The highest BCUT2D eigenvalue weighted by Gasteiger charge is 2.28. The maximum Gasteiger partial charge on any atom is 0.127 e. The second-order valence-electron chi connectivity index (χ2n) is 8.65. The lowest BCUT2D eigenvalue weighted by atomic mass is 9.77. The Morgan fingerprint density at radius 1 is 1.23 bits per heavy atom. The van der Waals surface area contributed by atoms with Crippen molar-refractivity contribution in [3.05, 3.63) is 63.7 Å². The Balaban J connectivity index is 2.56. The summed E-state index contributed by atoms with van der Waals surface area (Å²) in [5, 5.41) is 22.3. The molecule has 0 fully saturated rings. The average molecular weight is 444 g/mol. The lowest BCUT2D eigenvalue weighted by Crippen LogP contribution is -2.15. The van der Waals surface area contributed by atoms with Crippen LogP contribution in [0.3, 0.4) is 0 Å². The summed E-state index contributed by atoms with van der Waals surface area (Å²) >= 11 is 6.59. The van der Waals surface area contributed by atoms with Crippen LogP contribution in [0.15, 0.2) is 47.1 Å². The molecule has 1 aliphatic carbocycles. The third kappa shape index (κ3) is 6.05. The minimum Gasteiger partial charge on any atom is -0.508 e. The number of halogens is 1. The van der Waals surface area contributed by atoms with Crippen molar-refractivity contribution < 1.29 is 10.2 Å². The molecule has 3 nitrogen and oxygen atoms in total. The topological polar surface area (TPSA) is 43.7 Å². The molecule has 0 saturated carbocycles. The molecule has 31 heavy (non-hydrogen) atoms. The Morgan fingerprint density at radius 2 is 1.94 bits per heavy atom. The first-order valence-electron chi connectivity index (χ1n) is 11.4. The van der Waals surface area contributed by atoms with Gasteiger partial charge in [-0.2, -0.15) is 0 Å². The van der Waals surface area contributed by atoms with Crippen LogP contribution in [0, 0.1) is 0 Å². The van der Waals surface area contributed by atoms with Crippen molar-refractivity contribution >= 4 is 17.2 Å². The lowest BCUT2D eigenvalue weighted by Gasteiger charge is -2.29. The molecule has 0 heterocycles. The van der Waals surface area contributed by atoms with E-state index in [1.807, 2.05) is 25.2 Å². The second kappa shape index (κ2) is 11.6. The summed E-state index contributed by atoms with van der Waals surface area (Å²) in [5.74, 6) is 0.519. The van der Waals surface area contributed by atoms with E-state index in [9.17, 15) is 10.2 Å². The number of rotatable bonds is 10. The normalized spacial score (nSPS) is 15.8. The standard InChI is InChI=1S/C27H38ClNO2/c1-7-11-19(13-10-14-29(5)6)27-22-16-20(21(9-3)23(28)12-8-2)15-18(4)26(22)24(30)17-25(27)31/h9,12,15,17,19,30-31H,4,7-8,10-11,13-14,16H2,1-3,5-6H3/b21-9-,23-12+. The van der Waals surface area contributed by atoms with Crippen molar-refractivity contribution in [2.24, 2.45) is 0 Å². The summed E-state index contributed by atoms with van der Waals surface area (Å²) < 4.78 is 0. The minimum atomic E-state index is 0.0947. The molecule has 0 radical (unpaired) electrons. The summed E-state index contributed by atoms with van der Waals surface area (Å²) in [7, 11) is 4.17. The monoisotopic (exact) mass is 443 g/mol. The van der Waals surface area contributed by atoms with Crippen LogP contribution < -0.4 is 0 Å². The van der Waals surface area contributed by atoms with Crippen molar-refractivity contribution in [3.63, 3.8) is 0 Å². The van der Waals surface area contributed by atoms with E-state index in [4.69, 9.17) is 11.6 Å². The van der Waals surface area contributed by atoms with E-state index >= 15 is 0 Å². The molecule has 170 valence electrons. The zero-order valence-corrected chi connectivity index (χ0v) is 20.5. The molecule has 1 aliphatic rings. The number of hydrogen-bond acceptors (Lipinski definition) is 3. The first kappa shape index (κ1) is 25.3. The zero-order chi connectivity index (χ0) is 23.1. The molecule has 4 heteroatoms. The van der Waals surface area contributed by atoms with Gasteiger partial charge in [-0.25, -0.2) is 0 Å². The fourth-order valence-corrected chi connectivity index (χ4v) is 5.00. The van der Waals surface area contributed by atoms with Crippen LogP contribution in [-0.4, -0.2) is 35.8 Å². The first-order chi connectivity index (χ1) is 14.7. The van der Waals surface area contributed by atoms with Crippen LogP contribution in [0.2, 0.25) is 0 Å². The van der Waals surface area contributed by atoms with Crippen LogP contribution in [0.1, 0.15) is 75.5 Å². The van der Waals surface area contributed by atoms with Crippen LogP contribution in [-0.2, 0) is 6.42 Å². The Labute approximate surface area is 193 Å². The molecule has 0 spiro atoms. The third-order valence-corrected chi connectivity index (χ3v) is 6.31. The summed E-state index contributed by atoms with van der Waals surface area (Å²) in [6.45, 7) is 11.5. The van der Waals surface area contributed by atoms with Gasteiger partial charge in [0, 0.05) is 22.2 Å². The Morgan fingerprint density at radius 3 is 2.52 bits per heavy atom. The molecule has 0 aliphatic heterocycles. The number of nitrogens with zero attached hydrogens (tertiary/aromatic N) is 1. The van der Waals surface area contributed by atoms with E-state index in [-0.39, 0.29) is 17.4 Å². The molecule has 1 aromatic rings. The van der Waals surface area contributed by atoms with Crippen LogP contribution >= 0.6 is 11.6 Å². The summed E-state index contributed by atoms with van der Waals surface area (Å²) in [6, 6.07) is 1.49. The number of phenolic OH excluding ortho intramolecular Hbond substituents is 2. The van der Waals surface area contributed by atoms with Gasteiger partial charge in [-0.1, -0.05) is 56.7 Å². The molecule has 0 saturated heterocycles. The maximum atomic E-state index is 10.9. The highest BCUT2D eigenvalue weighted by Crippen LogP contribution is 2.47. The summed E-state index contributed by atoms with van der Waals surface area (Å²) in [4.78, 5) is 2.19. The first-order valence-corrected chi connectivity index (χ1v) is 11.8. The van der Waals surface area contributed by atoms with Gasteiger partial charge in [0.2, 0.25) is 0 Å². The van der Waals surface area contributed by atoms with E-state index in [1.54, 1.807) is 0 Å². The number of hydrogen-bond donors (Lipinski definition) is 2. The SMILES string of the molecule is C=C1C=C(C(=C/C)/C(Cl)=C\CC)Cc2c1c(O)cc(O)c2C(CCC)CCCN(C)C. The fraction of sp³-hybridized carbons (Fsp3) is 0.481. The highest BCUT2D eigenvalue weighted by molar-refractivity contribution is 6.32. The summed E-state index contributed by atoms with van der Waals surface area (Å²) in [5.41, 5.74) is 5.54. The van der Waals surface area contributed by atoms with E-state index in [1.165, 1.54) is 6.07 Å². The minimum absolute atomic E-state index is 0.0947. The number of benzene rings is 1. The molecule has 2 N–H and O–H groups in total. The third-order valence-electron chi connectivity index (χ3n) is 5.95. The molecule has 1 atom stereocenters. The van der Waals surface area contributed by atoms with Crippen molar-refractivity contribution in [3.8, 4) is 11.5 Å². The summed E-state index contributed by atoms with van der Waals surface area (Å²) in [6.07, 6.45) is 11.6. The molecule has 1 aromatic carbocycles. The number of fused-ring (bicyclic) bond motifs is 1. The van der Waals surface area contributed by atoms with Crippen molar-refractivity contribution in [1.29, 1.82) is 0 Å². The van der Waals surface area contributed by atoms with Gasteiger partial charge < -0.3 is 15.1 Å². The molecule has 1 unspecified atom stereocenters. The quantitative estimate of drug-likeness (QED) is 0.373. The second-order valence-corrected chi connectivity index (χ2v) is 9.05. The zero-order valence-electron chi connectivity index (χ0n) is 19.8. The lowest BCUT2D eigenvalue weighted by molar-refractivity contribution is 0.376. The molecule has 0 amide bonds. The average Bonchev–Trinajstić information content (AvgIpc) is 2.67. The molecular weight excluding hydrogens is 406 g/mol. The molecule has 0 bridgehead atoms. The van der Waals surface area contributed by atoms with Gasteiger partial charge >= 0.3 is 0 Å². The highest BCUT2D eigenvalue weighted by atomic mass is 35.5. The van der Waals surface area contributed by atoms with Gasteiger partial charge in [0.15, 0.2) is 0 Å². The van der Waals surface area contributed by atoms with Crippen LogP contribution in [0.4, 0.5) is 0 Å². The van der Waals surface area contributed by atoms with E-state index in [0.29, 0.717) is 6.42 Å². The van der Waals surface area contributed by atoms with Crippen LogP contribution in [0.25, 0.3) is 5.57 Å². The smallest absolute Gasteiger partial charge is 0.127 e. The Hall–Kier alpha value is -1.97. The van der Waals surface area contributed by atoms with Gasteiger partial charge in [-0.3, -0.25) is 0 Å². The van der Waals surface area contributed by atoms with Gasteiger partial charge in [0.05, 0.1) is 0 Å². The van der Waals surface area contributed by atoms with Crippen molar-refractivity contribution in [2.75, 3.05) is 20.6 Å². The van der Waals surface area contributed by atoms with Gasteiger partial charge in [0.1, 0.15) is 11.5 Å². The molecule has 0 aromatic heterocycles. The van der Waals surface area contributed by atoms with Gasteiger partial charge in [-0.15, -0.1) is 0 Å². The van der Waals surface area contributed by atoms with Gasteiger partial charge in [0.25, 0.3) is 0 Å². The largest absolute Gasteiger partial charge is 0.508 e. The Kier molecular flexibility index (Phi) is 9.46. The van der Waals surface area contributed by atoms with Gasteiger partial charge in [-0.05, 0) is 87.9 Å². The van der Waals surface area contributed by atoms with Crippen molar-refractivity contribution in [1.82, 2.24) is 4.90 Å². The Bertz CT molecular complexity index is 893. The fourth-order valence-electron chi connectivity index (χ4n) is 4.62. The number of phenols is 2. The van der Waals surface area contributed by atoms with E-state index in [2.05, 4.69) is 39.4 Å². The number of aromatic hydroxyl groups is 2. The molecule has 2 rings (SSSR count). The van der Waals surface area contributed by atoms with Crippen LogP contribution in [0.5, 0.6) is 11.5 Å². The van der Waals surface area contributed by atoms with E-state index in [0.717, 1.165) is 77.1 Å². The van der Waals surface area contributed by atoms with Crippen molar-refractivity contribution in [2.45, 2.75) is 65.2 Å². The predicted molar refractivity (Wildman–Crippen MR) is 134 cm³/mol. The maximum absolute atomic E-state index is 10.9. The predicted octanol–water partition coefficient (Wildman–Crippen LogP) is 7.30. The number of allylic oxidation sites excluding steroid dienone is 7.